The molecule has 0 heterocycles. The Labute approximate surface area is 110 Å². The van der Waals surface area contributed by atoms with E-state index in [2.05, 4.69) is 5.48 Å². The van der Waals surface area contributed by atoms with Gasteiger partial charge in [0.25, 0.3) is 0 Å². The summed E-state index contributed by atoms with van der Waals surface area (Å²) in [5.41, 5.74) is 1.63. The zero-order chi connectivity index (χ0) is 13.4. The van der Waals surface area contributed by atoms with Gasteiger partial charge in [0, 0.05) is 0 Å². The summed E-state index contributed by atoms with van der Waals surface area (Å²) in [5, 5.41) is 10.4. The van der Waals surface area contributed by atoms with Crippen molar-refractivity contribution in [2.75, 3.05) is 0 Å². The molecule has 1 amide bonds. The number of carbonyl (C=O) groups excluding carboxylic acids is 1. The monoisotopic (exact) mass is 257 g/mol. The minimum absolute atomic E-state index is 0.140. The highest BCUT2D eigenvalue weighted by molar-refractivity contribution is 5.75. The van der Waals surface area contributed by atoms with Crippen LogP contribution in [0.3, 0.4) is 0 Å². The number of aliphatic hydroxyl groups is 1. The van der Waals surface area contributed by atoms with Crippen LogP contribution in [0.5, 0.6) is 0 Å². The molecule has 1 fully saturated rings. The fourth-order valence-corrected chi connectivity index (χ4v) is 2.72. The highest BCUT2D eigenvalue weighted by atomic mass is 16.7. The van der Waals surface area contributed by atoms with E-state index in [-0.39, 0.29) is 18.4 Å². The van der Waals surface area contributed by atoms with Crippen LogP contribution < -0.4 is 5.48 Å². The summed E-state index contributed by atoms with van der Waals surface area (Å²) >= 11 is 0. The lowest BCUT2D eigenvalue weighted by Gasteiger charge is -2.27. The maximum absolute atomic E-state index is 11.8. The Kier molecular flexibility index (Phi) is 6.65. The lowest BCUT2D eigenvalue weighted by Crippen LogP contribution is -2.38. The van der Waals surface area contributed by atoms with Crippen LogP contribution in [0, 0.1) is 0 Å². The van der Waals surface area contributed by atoms with E-state index < -0.39 is 5.60 Å². The lowest BCUT2D eigenvalue weighted by molar-refractivity contribution is -0.143. The van der Waals surface area contributed by atoms with Gasteiger partial charge >= 0.3 is 0 Å². The number of amides is 1. The predicted octanol–water partition coefficient (Wildman–Crippen LogP) is 2.70. The first kappa shape index (κ1) is 15.4. The van der Waals surface area contributed by atoms with Crippen LogP contribution in [0.25, 0.3) is 0 Å². The van der Waals surface area contributed by atoms with Crippen molar-refractivity contribution in [3.63, 3.8) is 0 Å². The molecule has 0 aliphatic heterocycles. The van der Waals surface area contributed by atoms with Crippen LogP contribution in [-0.4, -0.2) is 22.7 Å². The van der Waals surface area contributed by atoms with E-state index in [9.17, 15) is 9.90 Å². The van der Waals surface area contributed by atoms with Crippen molar-refractivity contribution in [2.24, 2.45) is 0 Å². The Morgan fingerprint density at radius 1 is 1.28 bits per heavy atom. The number of nitrogens with one attached hydrogen (secondary N) is 1. The Balaban J connectivity index is 2.30. The Hall–Kier alpha value is -0.610. The maximum Gasteiger partial charge on any atom is 0.246 e. The minimum atomic E-state index is -0.868. The summed E-state index contributed by atoms with van der Waals surface area (Å²) < 4.78 is 0. The fraction of sp³-hybridized carbons (Fsp3) is 0.929. The number of carbonyl (C=O) groups is 1. The molecule has 2 N–H and O–H groups in total. The number of hydroxylamine groups is 1. The second kappa shape index (κ2) is 7.74. The molecule has 0 radical (unpaired) electrons. The highest BCUT2D eigenvalue weighted by Gasteiger charge is 2.28. The van der Waals surface area contributed by atoms with Gasteiger partial charge in [0.1, 0.15) is 0 Å². The largest absolute Gasteiger partial charge is 0.389 e. The molecule has 0 aromatic rings. The van der Waals surface area contributed by atoms with E-state index in [1.807, 2.05) is 13.8 Å². The fourth-order valence-electron chi connectivity index (χ4n) is 2.72. The van der Waals surface area contributed by atoms with Gasteiger partial charge in [-0.05, 0) is 25.7 Å². The molecule has 0 spiro atoms. The van der Waals surface area contributed by atoms with E-state index in [1.54, 1.807) is 0 Å². The molecule has 1 aliphatic carbocycles. The highest BCUT2D eigenvalue weighted by Crippen LogP contribution is 2.24. The summed E-state index contributed by atoms with van der Waals surface area (Å²) in [6, 6.07) is 0. The van der Waals surface area contributed by atoms with E-state index >= 15 is 0 Å². The zero-order valence-corrected chi connectivity index (χ0v) is 11.7. The lowest BCUT2D eigenvalue weighted by atomic mass is 9.89. The normalized spacial score (nSPS) is 17.1. The summed E-state index contributed by atoms with van der Waals surface area (Å²) in [6.45, 7) is 4.04. The molecule has 0 atom stereocenters. The van der Waals surface area contributed by atoms with Crippen molar-refractivity contribution in [3.05, 3.63) is 0 Å². The molecule has 1 saturated carbocycles. The third-order valence-corrected chi connectivity index (χ3v) is 3.56. The van der Waals surface area contributed by atoms with Crippen molar-refractivity contribution in [1.82, 2.24) is 5.48 Å². The number of hydrogen-bond donors (Lipinski definition) is 2. The van der Waals surface area contributed by atoms with Gasteiger partial charge in [0.15, 0.2) is 0 Å². The van der Waals surface area contributed by atoms with Crippen molar-refractivity contribution < 1.29 is 14.7 Å². The van der Waals surface area contributed by atoms with E-state index in [4.69, 9.17) is 4.84 Å². The Bertz CT molecular complexity index is 243. The van der Waals surface area contributed by atoms with Gasteiger partial charge in [0.05, 0.1) is 18.1 Å². The molecular formula is C14H27NO3. The van der Waals surface area contributed by atoms with E-state index in [0.29, 0.717) is 12.8 Å². The SMILES string of the molecule is CCCC(O)(CCC)CC(=O)NOC1CCCC1. The number of rotatable bonds is 8. The molecule has 1 rings (SSSR count). The molecule has 4 nitrogen and oxygen atoms in total. The van der Waals surface area contributed by atoms with Crippen LogP contribution in [0.2, 0.25) is 0 Å². The number of hydrogen-bond acceptors (Lipinski definition) is 3. The molecular weight excluding hydrogens is 230 g/mol. The van der Waals surface area contributed by atoms with E-state index in [0.717, 1.165) is 25.7 Å². The third-order valence-electron chi connectivity index (χ3n) is 3.56. The molecule has 106 valence electrons. The molecule has 0 bridgehead atoms. The molecule has 4 heteroatoms. The molecule has 0 saturated heterocycles. The Morgan fingerprint density at radius 3 is 2.33 bits per heavy atom. The summed E-state index contributed by atoms with van der Waals surface area (Å²) in [6.07, 6.45) is 7.80. The first-order valence-electron chi connectivity index (χ1n) is 7.26. The Morgan fingerprint density at radius 2 is 1.83 bits per heavy atom. The summed E-state index contributed by atoms with van der Waals surface area (Å²) in [7, 11) is 0. The summed E-state index contributed by atoms with van der Waals surface area (Å²) in [5.74, 6) is -0.203. The standard InChI is InChI=1S/C14H27NO3/c1-3-9-14(17,10-4-2)11-13(16)15-18-12-7-5-6-8-12/h12,17H,3-11H2,1-2H3,(H,15,16). The van der Waals surface area contributed by atoms with Gasteiger partial charge in [-0.3, -0.25) is 9.63 Å². The molecule has 1 aliphatic rings. The quantitative estimate of drug-likeness (QED) is 0.657. The average molecular weight is 257 g/mol. The van der Waals surface area contributed by atoms with Crippen LogP contribution in [0.15, 0.2) is 0 Å². The second-order valence-electron chi connectivity index (χ2n) is 5.45. The van der Waals surface area contributed by atoms with Gasteiger partial charge in [0.2, 0.25) is 5.91 Å². The van der Waals surface area contributed by atoms with Gasteiger partial charge in [-0.2, -0.15) is 0 Å². The van der Waals surface area contributed by atoms with Crippen LogP contribution in [0.4, 0.5) is 0 Å². The van der Waals surface area contributed by atoms with Gasteiger partial charge in [-0.1, -0.05) is 39.5 Å². The maximum atomic E-state index is 11.8. The van der Waals surface area contributed by atoms with Crippen LogP contribution in [0.1, 0.15) is 71.6 Å². The molecule has 0 unspecified atom stereocenters. The first-order chi connectivity index (χ1) is 8.59. The first-order valence-corrected chi connectivity index (χ1v) is 7.26. The second-order valence-corrected chi connectivity index (χ2v) is 5.45. The van der Waals surface area contributed by atoms with Crippen LogP contribution >= 0.6 is 0 Å². The van der Waals surface area contributed by atoms with Crippen molar-refractivity contribution in [3.8, 4) is 0 Å². The van der Waals surface area contributed by atoms with E-state index in [1.165, 1.54) is 12.8 Å². The van der Waals surface area contributed by atoms with Crippen molar-refractivity contribution in [1.29, 1.82) is 0 Å². The molecule has 0 aromatic heterocycles. The minimum Gasteiger partial charge on any atom is -0.389 e. The zero-order valence-electron chi connectivity index (χ0n) is 11.7. The smallest absolute Gasteiger partial charge is 0.246 e. The molecule has 18 heavy (non-hydrogen) atoms. The van der Waals surface area contributed by atoms with Gasteiger partial charge in [-0.15, -0.1) is 0 Å². The summed E-state index contributed by atoms with van der Waals surface area (Å²) in [4.78, 5) is 17.1. The third kappa shape index (κ3) is 5.36. The predicted molar refractivity (Wildman–Crippen MR) is 70.9 cm³/mol. The van der Waals surface area contributed by atoms with Crippen LogP contribution in [-0.2, 0) is 9.63 Å². The molecule has 0 aromatic carbocycles. The topological polar surface area (TPSA) is 58.6 Å². The van der Waals surface area contributed by atoms with Gasteiger partial charge < -0.3 is 5.11 Å². The van der Waals surface area contributed by atoms with Gasteiger partial charge in [-0.25, -0.2) is 5.48 Å². The van der Waals surface area contributed by atoms with Crippen molar-refractivity contribution in [2.45, 2.75) is 83.3 Å². The average Bonchev–Trinajstić information content (AvgIpc) is 2.79. The van der Waals surface area contributed by atoms with Crippen molar-refractivity contribution >= 4 is 5.91 Å².